The van der Waals surface area contributed by atoms with Crippen LogP contribution in [0.4, 0.5) is 39.5 Å². The van der Waals surface area contributed by atoms with Gasteiger partial charge in [0.1, 0.15) is 25.2 Å². The molecule has 20 heteroatoms. The Bertz CT molecular complexity index is 1750. The molecule has 3 heterocycles. The maximum absolute atomic E-state index is 14.0. The van der Waals surface area contributed by atoms with E-state index >= 15 is 0 Å². The summed E-state index contributed by atoms with van der Waals surface area (Å²) in [5.41, 5.74) is -2.71. The molecule has 0 bridgehead atoms. The van der Waals surface area contributed by atoms with Crippen LogP contribution in [0, 0.1) is 0 Å². The number of halogens is 10. The van der Waals surface area contributed by atoms with Crippen molar-refractivity contribution in [2.75, 3.05) is 6.54 Å². The standard InChI is InChI=1S/C26H21ClF9N7O3/c27-14-6-4-13(5-7-14)21-40-42(23(45)41(21)10-17(44)26(34,35)36)11-18-38-12-43(39-18)19-15(2-1-3-16(19)25(31,32)33)20-22(46-20)37-9-8-24(28,29)30/h1-7,12,17,20,22,37,44H,8-11H2/t17-,20?,22?/m0/s1. The van der Waals surface area contributed by atoms with Crippen LogP contribution in [0.3, 0.4) is 0 Å². The lowest BCUT2D eigenvalue weighted by atomic mass is 10.0. The molecule has 0 spiro atoms. The van der Waals surface area contributed by atoms with Gasteiger partial charge in [0, 0.05) is 22.7 Å². The zero-order valence-electron chi connectivity index (χ0n) is 22.9. The molecule has 1 aliphatic heterocycles. The van der Waals surface area contributed by atoms with Crippen molar-refractivity contribution < 1.29 is 49.4 Å². The Labute approximate surface area is 257 Å². The van der Waals surface area contributed by atoms with Crippen LogP contribution in [0.1, 0.15) is 29.5 Å². The van der Waals surface area contributed by atoms with Gasteiger partial charge in [-0.3, -0.25) is 9.88 Å². The van der Waals surface area contributed by atoms with Crippen LogP contribution in [0.25, 0.3) is 17.1 Å². The molecule has 10 nitrogen and oxygen atoms in total. The summed E-state index contributed by atoms with van der Waals surface area (Å²) in [7, 11) is 0. The minimum Gasteiger partial charge on any atom is -0.382 e. The number of benzene rings is 2. The Morgan fingerprint density at radius 3 is 2.33 bits per heavy atom. The van der Waals surface area contributed by atoms with Gasteiger partial charge in [-0.15, -0.1) is 10.2 Å². The van der Waals surface area contributed by atoms with E-state index in [0.717, 1.165) is 23.1 Å². The molecular weight excluding hydrogens is 665 g/mol. The van der Waals surface area contributed by atoms with Gasteiger partial charge in [-0.2, -0.15) is 39.5 Å². The molecule has 4 aromatic rings. The summed E-state index contributed by atoms with van der Waals surface area (Å²) in [6.07, 6.45) is -19.7. The SMILES string of the molecule is O=c1n(Cc2ncn(-c3c(C4OC4NCCC(F)(F)F)cccc3C(F)(F)F)n2)nc(-c2ccc(Cl)cc2)n1C[C@H](O)C(F)(F)F. The van der Waals surface area contributed by atoms with Crippen molar-refractivity contribution in [1.82, 2.24) is 34.4 Å². The van der Waals surface area contributed by atoms with Crippen molar-refractivity contribution in [1.29, 1.82) is 0 Å². The summed E-state index contributed by atoms with van der Waals surface area (Å²) in [6, 6.07) is 8.66. The van der Waals surface area contributed by atoms with E-state index in [1.54, 1.807) is 0 Å². The highest BCUT2D eigenvalue weighted by Crippen LogP contribution is 2.44. The molecule has 0 radical (unpaired) electrons. The second-order valence-corrected chi connectivity index (χ2v) is 10.5. The van der Waals surface area contributed by atoms with Crippen molar-refractivity contribution in [3.63, 3.8) is 0 Å². The Morgan fingerprint density at radius 2 is 1.70 bits per heavy atom. The number of para-hydroxylation sites is 1. The molecule has 2 aromatic carbocycles. The molecule has 0 aliphatic carbocycles. The molecule has 2 N–H and O–H groups in total. The van der Waals surface area contributed by atoms with Gasteiger partial charge >= 0.3 is 24.2 Å². The highest BCUT2D eigenvalue weighted by Gasteiger charge is 2.45. The van der Waals surface area contributed by atoms with E-state index in [4.69, 9.17) is 16.3 Å². The van der Waals surface area contributed by atoms with E-state index < -0.39 is 80.0 Å². The van der Waals surface area contributed by atoms with Crippen molar-refractivity contribution in [2.45, 2.75) is 56.5 Å². The number of epoxide rings is 1. The Hall–Kier alpha value is -3.94. The van der Waals surface area contributed by atoms with Gasteiger partial charge < -0.3 is 9.84 Å². The number of aliphatic hydroxyl groups is 1. The first-order valence-corrected chi connectivity index (χ1v) is 13.5. The predicted octanol–water partition coefficient (Wildman–Crippen LogP) is 4.88. The largest absolute Gasteiger partial charge is 0.418 e. The molecule has 2 unspecified atom stereocenters. The predicted molar refractivity (Wildman–Crippen MR) is 141 cm³/mol. The molecule has 2 aromatic heterocycles. The number of aliphatic hydroxyl groups excluding tert-OH is 1. The van der Waals surface area contributed by atoms with Crippen LogP contribution in [-0.2, 0) is 24.0 Å². The van der Waals surface area contributed by atoms with E-state index in [-0.39, 0.29) is 27.8 Å². The zero-order valence-corrected chi connectivity index (χ0v) is 23.7. The van der Waals surface area contributed by atoms with Gasteiger partial charge in [0.25, 0.3) is 0 Å². The summed E-state index contributed by atoms with van der Waals surface area (Å²) in [5.74, 6) is -0.547. The molecule has 0 amide bonds. The third-order valence-corrected chi connectivity index (χ3v) is 6.99. The maximum atomic E-state index is 14.0. The van der Waals surface area contributed by atoms with Gasteiger partial charge in [-0.05, 0) is 30.3 Å². The summed E-state index contributed by atoms with van der Waals surface area (Å²) < 4.78 is 126. The lowest BCUT2D eigenvalue weighted by Crippen LogP contribution is -2.37. The van der Waals surface area contributed by atoms with Crippen LogP contribution in [0.5, 0.6) is 0 Å². The van der Waals surface area contributed by atoms with E-state index in [1.807, 2.05) is 0 Å². The fourth-order valence-corrected chi connectivity index (χ4v) is 4.67. The average molecular weight is 686 g/mol. The van der Waals surface area contributed by atoms with Gasteiger partial charge in [0.15, 0.2) is 17.8 Å². The normalized spacial score (nSPS) is 17.8. The van der Waals surface area contributed by atoms with Crippen LogP contribution < -0.4 is 11.0 Å². The highest BCUT2D eigenvalue weighted by molar-refractivity contribution is 6.30. The lowest BCUT2D eigenvalue weighted by molar-refractivity contribution is -0.207. The first-order valence-electron chi connectivity index (χ1n) is 13.2. The molecular formula is C26H21ClF9N7O3. The maximum Gasteiger partial charge on any atom is 0.418 e. The summed E-state index contributed by atoms with van der Waals surface area (Å²) in [6.45, 7) is -2.36. The molecule has 1 saturated heterocycles. The third kappa shape index (κ3) is 7.54. The van der Waals surface area contributed by atoms with Crippen molar-refractivity contribution >= 4 is 11.6 Å². The Balaban J connectivity index is 1.47. The Kier molecular flexibility index (Phi) is 8.97. The smallest absolute Gasteiger partial charge is 0.382 e. The van der Waals surface area contributed by atoms with Crippen molar-refractivity contribution in [2.24, 2.45) is 0 Å². The number of hydrogen-bond donors (Lipinski definition) is 2. The Morgan fingerprint density at radius 1 is 1.00 bits per heavy atom. The quantitative estimate of drug-likeness (QED) is 0.181. The van der Waals surface area contributed by atoms with Crippen molar-refractivity contribution in [3.05, 3.63) is 81.3 Å². The van der Waals surface area contributed by atoms with Crippen LogP contribution in [0.2, 0.25) is 5.02 Å². The summed E-state index contributed by atoms with van der Waals surface area (Å²) in [5, 5.41) is 20.5. The van der Waals surface area contributed by atoms with Gasteiger partial charge in [-0.25, -0.2) is 19.1 Å². The minimum atomic E-state index is -5.07. The van der Waals surface area contributed by atoms with Gasteiger partial charge in [-0.1, -0.05) is 23.7 Å². The molecule has 1 aliphatic rings. The molecule has 5 rings (SSSR count). The molecule has 3 atom stereocenters. The van der Waals surface area contributed by atoms with E-state index in [9.17, 15) is 49.4 Å². The first-order chi connectivity index (χ1) is 21.4. The van der Waals surface area contributed by atoms with E-state index in [1.165, 1.54) is 30.3 Å². The number of nitrogens with one attached hydrogen (secondary N) is 1. The molecule has 248 valence electrons. The number of nitrogens with zero attached hydrogens (tertiary/aromatic N) is 6. The average Bonchev–Trinajstić information content (AvgIpc) is 3.46. The monoisotopic (exact) mass is 685 g/mol. The minimum absolute atomic E-state index is 0.0663. The fourth-order valence-electron chi connectivity index (χ4n) is 4.54. The molecule has 1 fully saturated rings. The number of aromatic nitrogens is 6. The van der Waals surface area contributed by atoms with Gasteiger partial charge in [0.05, 0.1) is 24.2 Å². The lowest BCUT2D eigenvalue weighted by Gasteiger charge is -2.16. The number of alkyl halides is 9. The number of ether oxygens (including phenoxy) is 1. The summed E-state index contributed by atoms with van der Waals surface area (Å²) >= 11 is 5.88. The van der Waals surface area contributed by atoms with Crippen LogP contribution >= 0.6 is 11.6 Å². The van der Waals surface area contributed by atoms with E-state index in [2.05, 4.69) is 20.5 Å². The second-order valence-electron chi connectivity index (χ2n) is 10.1. The van der Waals surface area contributed by atoms with Crippen molar-refractivity contribution in [3.8, 4) is 17.1 Å². The highest BCUT2D eigenvalue weighted by atomic mass is 35.5. The van der Waals surface area contributed by atoms with Crippen LogP contribution in [-0.4, -0.2) is 65.4 Å². The second kappa shape index (κ2) is 12.3. The molecule has 46 heavy (non-hydrogen) atoms. The van der Waals surface area contributed by atoms with Gasteiger partial charge in [0.2, 0.25) is 0 Å². The topological polar surface area (TPSA) is 115 Å². The molecule has 0 saturated carbocycles. The fraction of sp³-hybridized carbons (Fsp3) is 0.385. The van der Waals surface area contributed by atoms with E-state index in [0.29, 0.717) is 9.25 Å². The zero-order chi connectivity index (χ0) is 33.6. The number of hydrogen-bond acceptors (Lipinski definition) is 7. The number of rotatable bonds is 10. The third-order valence-electron chi connectivity index (χ3n) is 6.74. The van der Waals surface area contributed by atoms with Crippen LogP contribution in [0.15, 0.2) is 53.6 Å². The summed E-state index contributed by atoms with van der Waals surface area (Å²) in [4.78, 5) is 17.1. The first kappa shape index (κ1) is 33.4.